The predicted molar refractivity (Wildman–Crippen MR) is 67.2 cm³/mol. The molecule has 2 aromatic rings. The molecule has 0 saturated carbocycles. The van der Waals surface area contributed by atoms with Crippen LogP contribution in [0.3, 0.4) is 0 Å². The molecule has 1 saturated heterocycles. The number of hydrogen-bond donors (Lipinski definition) is 2. The normalized spacial score (nSPS) is 19.2. The van der Waals surface area contributed by atoms with Crippen LogP contribution in [-0.4, -0.2) is 63.1 Å². The molecule has 1 aliphatic heterocycles. The van der Waals surface area contributed by atoms with Gasteiger partial charge in [-0.2, -0.15) is 15.4 Å². The Labute approximate surface area is 113 Å². The van der Waals surface area contributed by atoms with Crippen LogP contribution in [-0.2, 0) is 9.53 Å². The monoisotopic (exact) mass is 276 g/mol. The maximum atomic E-state index is 12.4. The fraction of sp³-hybridized carbons (Fsp3) is 0.333. The van der Waals surface area contributed by atoms with Crippen LogP contribution < -0.4 is 0 Å². The SMILES string of the molecule is O=C(O)C1COCCN1C(=O)c1ccc2n[nH]nc2c1. The average Bonchev–Trinajstić information content (AvgIpc) is 2.93. The number of nitrogens with zero attached hydrogens (tertiary/aromatic N) is 3. The van der Waals surface area contributed by atoms with Crippen molar-refractivity contribution in [3.63, 3.8) is 0 Å². The van der Waals surface area contributed by atoms with Crippen LogP contribution in [0.5, 0.6) is 0 Å². The quantitative estimate of drug-likeness (QED) is 0.791. The van der Waals surface area contributed by atoms with E-state index in [2.05, 4.69) is 15.4 Å². The van der Waals surface area contributed by atoms with Gasteiger partial charge in [0.15, 0.2) is 6.04 Å². The van der Waals surface area contributed by atoms with E-state index in [1.165, 1.54) is 4.90 Å². The number of nitrogens with one attached hydrogen (secondary N) is 1. The Morgan fingerprint density at radius 1 is 1.35 bits per heavy atom. The number of benzene rings is 1. The van der Waals surface area contributed by atoms with Gasteiger partial charge in [0.25, 0.3) is 5.91 Å². The van der Waals surface area contributed by atoms with Crippen molar-refractivity contribution < 1.29 is 19.4 Å². The number of hydrogen-bond acceptors (Lipinski definition) is 5. The van der Waals surface area contributed by atoms with Crippen molar-refractivity contribution in [2.45, 2.75) is 6.04 Å². The Morgan fingerprint density at radius 3 is 2.95 bits per heavy atom. The molecule has 1 aromatic carbocycles. The highest BCUT2D eigenvalue weighted by Crippen LogP contribution is 2.16. The molecule has 0 aliphatic carbocycles. The summed E-state index contributed by atoms with van der Waals surface area (Å²) >= 11 is 0. The minimum atomic E-state index is -1.07. The van der Waals surface area contributed by atoms with Crippen molar-refractivity contribution in [3.8, 4) is 0 Å². The Kier molecular flexibility index (Phi) is 3.07. The first-order chi connectivity index (χ1) is 9.66. The van der Waals surface area contributed by atoms with Crippen LogP contribution in [0.1, 0.15) is 10.4 Å². The molecule has 0 radical (unpaired) electrons. The fourth-order valence-electron chi connectivity index (χ4n) is 2.19. The standard InChI is InChI=1S/C12H12N4O4/c17-11(16-3-4-20-6-10(16)12(18)19)7-1-2-8-9(5-7)14-15-13-8/h1-2,5,10H,3-4,6H2,(H,18,19)(H,13,14,15). The largest absolute Gasteiger partial charge is 0.480 e. The molecule has 1 unspecified atom stereocenters. The number of aliphatic carboxylic acids is 1. The summed E-state index contributed by atoms with van der Waals surface area (Å²) < 4.78 is 5.12. The number of carbonyl (C=O) groups is 2. The molecule has 0 bridgehead atoms. The van der Waals surface area contributed by atoms with E-state index < -0.39 is 12.0 Å². The van der Waals surface area contributed by atoms with Gasteiger partial charge in [-0.3, -0.25) is 4.79 Å². The maximum Gasteiger partial charge on any atom is 0.328 e. The highest BCUT2D eigenvalue weighted by atomic mass is 16.5. The summed E-state index contributed by atoms with van der Waals surface area (Å²) in [4.78, 5) is 24.9. The van der Waals surface area contributed by atoms with E-state index in [9.17, 15) is 9.59 Å². The molecule has 2 heterocycles. The molecule has 1 amide bonds. The molecule has 1 aliphatic rings. The summed E-state index contributed by atoms with van der Waals surface area (Å²) in [5.41, 5.74) is 1.61. The van der Waals surface area contributed by atoms with E-state index in [0.717, 1.165) is 0 Å². The first-order valence-electron chi connectivity index (χ1n) is 6.09. The number of carboxylic acids is 1. The zero-order valence-corrected chi connectivity index (χ0v) is 10.4. The predicted octanol–water partition coefficient (Wildman–Crippen LogP) is -0.117. The van der Waals surface area contributed by atoms with E-state index in [0.29, 0.717) is 23.2 Å². The number of ether oxygens (including phenoxy) is 1. The van der Waals surface area contributed by atoms with Crippen molar-refractivity contribution in [2.24, 2.45) is 0 Å². The Bertz CT molecular complexity index is 668. The molecule has 1 aromatic heterocycles. The number of H-pyrrole nitrogens is 1. The van der Waals surface area contributed by atoms with E-state index in [1.807, 2.05) is 0 Å². The van der Waals surface area contributed by atoms with Crippen LogP contribution in [0.25, 0.3) is 11.0 Å². The van der Waals surface area contributed by atoms with Gasteiger partial charge in [0.2, 0.25) is 0 Å². The van der Waals surface area contributed by atoms with Gasteiger partial charge in [-0.25, -0.2) is 4.79 Å². The number of amides is 1. The van der Waals surface area contributed by atoms with Crippen molar-refractivity contribution in [2.75, 3.05) is 19.8 Å². The lowest BCUT2D eigenvalue weighted by molar-refractivity contribution is -0.147. The summed E-state index contributed by atoms with van der Waals surface area (Å²) in [6.45, 7) is 0.599. The number of rotatable bonds is 2. The van der Waals surface area contributed by atoms with Crippen LogP contribution >= 0.6 is 0 Å². The minimum absolute atomic E-state index is 0.00722. The zero-order valence-electron chi connectivity index (χ0n) is 10.4. The summed E-state index contributed by atoms with van der Waals surface area (Å²) in [5, 5.41) is 19.4. The van der Waals surface area contributed by atoms with Gasteiger partial charge in [0.05, 0.1) is 13.2 Å². The number of aromatic amines is 1. The van der Waals surface area contributed by atoms with E-state index in [1.54, 1.807) is 18.2 Å². The summed E-state index contributed by atoms with van der Waals surface area (Å²) in [6, 6.07) is 3.92. The number of morpholine rings is 1. The van der Waals surface area contributed by atoms with Crippen LogP contribution in [0, 0.1) is 0 Å². The highest BCUT2D eigenvalue weighted by Gasteiger charge is 2.33. The van der Waals surface area contributed by atoms with Crippen LogP contribution in [0.15, 0.2) is 18.2 Å². The van der Waals surface area contributed by atoms with Gasteiger partial charge in [-0.15, -0.1) is 0 Å². The molecule has 8 heteroatoms. The smallest absolute Gasteiger partial charge is 0.328 e. The summed E-state index contributed by atoms with van der Waals surface area (Å²) in [7, 11) is 0. The molecule has 0 spiro atoms. The third kappa shape index (κ3) is 2.10. The Morgan fingerprint density at radius 2 is 2.15 bits per heavy atom. The topological polar surface area (TPSA) is 108 Å². The van der Waals surface area contributed by atoms with Gasteiger partial charge in [-0.1, -0.05) is 0 Å². The van der Waals surface area contributed by atoms with E-state index >= 15 is 0 Å². The number of fused-ring (bicyclic) bond motifs is 1. The second-order valence-electron chi connectivity index (χ2n) is 4.45. The molecular formula is C12H12N4O4. The third-order valence-electron chi connectivity index (χ3n) is 3.24. The molecule has 104 valence electrons. The van der Waals surface area contributed by atoms with Crippen molar-refractivity contribution >= 4 is 22.9 Å². The molecule has 2 N–H and O–H groups in total. The first-order valence-corrected chi connectivity index (χ1v) is 6.09. The Hall–Kier alpha value is -2.48. The third-order valence-corrected chi connectivity index (χ3v) is 3.24. The second-order valence-corrected chi connectivity index (χ2v) is 4.45. The van der Waals surface area contributed by atoms with Crippen molar-refractivity contribution in [3.05, 3.63) is 23.8 Å². The van der Waals surface area contributed by atoms with Crippen molar-refractivity contribution in [1.82, 2.24) is 20.3 Å². The van der Waals surface area contributed by atoms with Crippen LogP contribution in [0.4, 0.5) is 0 Å². The first kappa shape index (κ1) is 12.5. The minimum Gasteiger partial charge on any atom is -0.480 e. The van der Waals surface area contributed by atoms with E-state index in [4.69, 9.17) is 9.84 Å². The van der Waals surface area contributed by atoms with Gasteiger partial charge >= 0.3 is 5.97 Å². The van der Waals surface area contributed by atoms with Crippen molar-refractivity contribution in [1.29, 1.82) is 0 Å². The highest BCUT2D eigenvalue weighted by molar-refractivity contribution is 5.99. The lowest BCUT2D eigenvalue weighted by Crippen LogP contribution is -2.52. The van der Waals surface area contributed by atoms with E-state index in [-0.39, 0.29) is 19.1 Å². The lowest BCUT2D eigenvalue weighted by atomic mass is 10.1. The zero-order chi connectivity index (χ0) is 14.1. The molecular weight excluding hydrogens is 264 g/mol. The maximum absolute atomic E-state index is 12.4. The summed E-state index contributed by atoms with van der Waals surface area (Å²) in [5.74, 6) is -1.41. The second kappa shape index (κ2) is 4.89. The molecule has 8 nitrogen and oxygen atoms in total. The average molecular weight is 276 g/mol. The lowest BCUT2D eigenvalue weighted by Gasteiger charge is -2.32. The van der Waals surface area contributed by atoms with Gasteiger partial charge in [-0.05, 0) is 18.2 Å². The molecule has 3 rings (SSSR count). The molecule has 20 heavy (non-hydrogen) atoms. The van der Waals surface area contributed by atoms with Gasteiger partial charge in [0, 0.05) is 12.1 Å². The number of aromatic nitrogens is 3. The van der Waals surface area contributed by atoms with Gasteiger partial charge < -0.3 is 14.7 Å². The Balaban J connectivity index is 1.91. The molecule has 1 atom stereocenters. The summed E-state index contributed by atoms with van der Waals surface area (Å²) in [6.07, 6.45) is 0. The van der Waals surface area contributed by atoms with Gasteiger partial charge in [0.1, 0.15) is 11.0 Å². The van der Waals surface area contributed by atoms with Crippen LogP contribution in [0.2, 0.25) is 0 Å². The number of carboxylic acid groups (broad SMARTS) is 1. The number of carbonyl (C=O) groups excluding carboxylic acids is 1. The molecule has 1 fully saturated rings. The fourth-order valence-corrected chi connectivity index (χ4v) is 2.19.